The highest BCUT2D eigenvalue weighted by Gasteiger charge is 2.10. The molecule has 0 aliphatic heterocycles. The number of hydrogen-bond acceptors (Lipinski definition) is 2. The molecule has 0 fully saturated rings. The van der Waals surface area contributed by atoms with Gasteiger partial charge in [0.05, 0.1) is 6.54 Å². The number of nitrogens with one attached hydrogen (secondary N) is 1. The van der Waals surface area contributed by atoms with Crippen LogP contribution in [0.4, 0.5) is 11.4 Å². The van der Waals surface area contributed by atoms with Gasteiger partial charge in [-0.1, -0.05) is 18.2 Å². The average Bonchev–Trinajstić information content (AvgIpc) is 2.43. The third kappa shape index (κ3) is 4.35. The lowest BCUT2D eigenvalue weighted by Crippen LogP contribution is -2.33. The Morgan fingerprint density at radius 2 is 1.68 bits per heavy atom. The number of aryl methyl sites for hydroxylation is 3. The van der Waals surface area contributed by atoms with Gasteiger partial charge in [-0.2, -0.15) is 0 Å². The highest BCUT2D eigenvalue weighted by atomic mass is 16.2. The standard InChI is InChI=1S/C19H24N2O/c1-5-21(18-8-6-7-14(2)12-18)13-19(22)20-17-10-15(3)9-16(4)11-17/h6-12H,5,13H2,1-4H3,(H,20,22). The average molecular weight is 296 g/mol. The minimum Gasteiger partial charge on any atom is -0.362 e. The van der Waals surface area contributed by atoms with Gasteiger partial charge in [0.1, 0.15) is 0 Å². The zero-order valence-corrected chi connectivity index (χ0v) is 13.8. The number of anilines is 2. The largest absolute Gasteiger partial charge is 0.362 e. The van der Waals surface area contributed by atoms with Crippen LogP contribution in [0.5, 0.6) is 0 Å². The molecule has 0 saturated carbocycles. The number of carbonyl (C=O) groups is 1. The van der Waals surface area contributed by atoms with Crippen molar-refractivity contribution in [3.05, 3.63) is 59.2 Å². The molecule has 0 bridgehead atoms. The summed E-state index contributed by atoms with van der Waals surface area (Å²) in [5, 5.41) is 2.99. The number of hydrogen-bond donors (Lipinski definition) is 1. The first-order chi connectivity index (χ1) is 10.5. The van der Waals surface area contributed by atoms with E-state index in [4.69, 9.17) is 0 Å². The molecule has 0 spiro atoms. The summed E-state index contributed by atoms with van der Waals surface area (Å²) in [6.45, 7) is 9.34. The zero-order chi connectivity index (χ0) is 16.1. The van der Waals surface area contributed by atoms with Crippen LogP contribution in [-0.4, -0.2) is 19.0 Å². The van der Waals surface area contributed by atoms with Crippen molar-refractivity contribution in [2.24, 2.45) is 0 Å². The summed E-state index contributed by atoms with van der Waals surface area (Å²) in [5.41, 5.74) is 5.45. The third-order valence-electron chi connectivity index (χ3n) is 3.59. The highest BCUT2D eigenvalue weighted by molar-refractivity contribution is 5.94. The van der Waals surface area contributed by atoms with Crippen molar-refractivity contribution >= 4 is 17.3 Å². The maximum absolute atomic E-state index is 12.3. The number of nitrogens with zero attached hydrogens (tertiary/aromatic N) is 1. The van der Waals surface area contributed by atoms with Crippen molar-refractivity contribution in [3.8, 4) is 0 Å². The maximum atomic E-state index is 12.3. The number of amides is 1. The van der Waals surface area contributed by atoms with Crippen LogP contribution < -0.4 is 10.2 Å². The van der Waals surface area contributed by atoms with Gasteiger partial charge in [-0.3, -0.25) is 4.79 Å². The van der Waals surface area contributed by atoms with E-state index in [-0.39, 0.29) is 5.91 Å². The summed E-state index contributed by atoms with van der Waals surface area (Å²) in [7, 11) is 0. The molecule has 0 heterocycles. The van der Waals surface area contributed by atoms with E-state index in [2.05, 4.69) is 42.3 Å². The van der Waals surface area contributed by atoms with Gasteiger partial charge < -0.3 is 10.2 Å². The Hall–Kier alpha value is -2.29. The molecule has 2 aromatic carbocycles. The molecule has 3 nitrogen and oxygen atoms in total. The van der Waals surface area contributed by atoms with Gasteiger partial charge in [0.2, 0.25) is 5.91 Å². The predicted molar refractivity (Wildman–Crippen MR) is 93.6 cm³/mol. The van der Waals surface area contributed by atoms with E-state index in [1.807, 2.05) is 38.1 Å². The second kappa shape index (κ2) is 7.12. The fourth-order valence-corrected chi connectivity index (χ4v) is 2.63. The fourth-order valence-electron chi connectivity index (χ4n) is 2.63. The van der Waals surface area contributed by atoms with Crippen molar-refractivity contribution in [2.75, 3.05) is 23.3 Å². The fraction of sp³-hybridized carbons (Fsp3) is 0.316. The van der Waals surface area contributed by atoms with Crippen molar-refractivity contribution in [3.63, 3.8) is 0 Å². The highest BCUT2D eigenvalue weighted by Crippen LogP contribution is 2.17. The van der Waals surface area contributed by atoms with E-state index in [1.165, 1.54) is 5.56 Å². The van der Waals surface area contributed by atoms with Crippen LogP contribution in [-0.2, 0) is 4.79 Å². The second-order valence-corrected chi connectivity index (χ2v) is 5.78. The van der Waals surface area contributed by atoms with E-state index in [0.29, 0.717) is 6.54 Å². The molecule has 0 radical (unpaired) electrons. The van der Waals surface area contributed by atoms with Gasteiger partial charge in [0.15, 0.2) is 0 Å². The quantitative estimate of drug-likeness (QED) is 0.901. The predicted octanol–water partition coefficient (Wildman–Crippen LogP) is 4.08. The summed E-state index contributed by atoms with van der Waals surface area (Å²) in [6, 6.07) is 14.3. The van der Waals surface area contributed by atoms with Crippen LogP contribution >= 0.6 is 0 Å². The molecule has 0 aliphatic rings. The number of carbonyl (C=O) groups excluding carboxylic acids is 1. The second-order valence-electron chi connectivity index (χ2n) is 5.78. The van der Waals surface area contributed by atoms with Gasteiger partial charge in [0.25, 0.3) is 0 Å². The van der Waals surface area contributed by atoms with E-state index < -0.39 is 0 Å². The van der Waals surface area contributed by atoms with Gasteiger partial charge in [0, 0.05) is 17.9 Å². The van der Waals surface area contributed by atoms with Gasteiger partial charge in [-0.05, 0) is 68.7 Å². The van der Waals surface area contributed by atoms with E-state index in [1.54, 1.807) is 0 Å². The maximum Gasteiger partial charge on any atom is 0.243 e. The molecule has 0 saturated heterocycles. The van der Waals surface area contributed by atoms with E-state index in [0.717, 1.165) is 29.0 Å². The normalized spacial score (nSPS) is 10.4. The van der Waals surface area contributed by atoms with Crippen molar-refractivity contribution < 1.29 is 4.79 Å². The minimum atomic E-state index is 0.00774. The number of likely N-dealkylation sites (N-methyl/N-ethyl adjacent to an activating group) is 1. The Kier molecular flexibility index (Phi) is 5.21. The van der Waals surface area contributed by atoms with Crippen LogP contribution in [0.3, 0.4) is 0 Å². The molecule has 1 N–H and O–H groups in total. The Bertz CT molecular complexity index is 644. The van der Waals surface area contributed by atoms with Crippen LogP contribution in [0.2, 0.25) is 0 Å². The lowest BCUT2D eigenvalue weighted by atomic mass is 10.1. The molecule has 0 unspecified atom stereocenters. The molecule has 2 aromatic rings. The third-order valence-corrected chi connectivity index (χ3v) is 3.59. The molecule has 0 atom stereocenters. The molecular formula is C19H24N2O. The molecule has 3 heteroatoms. The summed E-state index contributed by atoms with van der Waals surface area (Å²) >= 11 is 0. The van der Waals surface area contributed by atoms with Gasteiger partial charge in [-0.25, -0.2) is 0 Å². The zero-order valence-electron chi connectivity index (χ0n) is 13.8. The van der Waals surface area contributed by atoms with Crippen LogP contribution in [0.1, 0.15) is 23.6 Å². The van der Waals surface area contributed by atoms with Crippen molar-refractivity contribution in [1.82, 2.24) is 0 Å². The SMILES string of the molecule is CCN(CC(=O)Nc1cc(C)cc(C)c1)c1cccc(C)c1. The smallest absolute Gasteiger partial charge is 0.243 e. The molecule has 116 valence electrons. The monoisotopic (exact) mass is 296 g/mol. The Morgan fingerprint density at radius 3 is 2.27 bits per heavy atom. The molecule has 2 rings (SSSR count). The summed E-state index contributed by atoms with van der Waals surface area (Å²) in [5.74, 6) is 0.00774. The topological polar surface area (TPSA) is 32.3 Å². The molecule has 0 aromatic heterocycles. The Balaban J connectivity index is 2.06. The lowest BCUT2D eigenvalue weighted by molar-refractivity contribution is -0.115. The van der Waals surface area contributed by atoms with Gasteiger partial charge >= 0.3 is 0 Å². The van der Waals surface area contributed by atoms with Gasteiger partial charge in [-0.15, -0.1) is 0 Å². The molecular weight excluding hydrogens is 272 g/mol. The number of benzene rings is 2. The molecule has 1 amide bonds. The van der Waals surface area contributed by atoms with E-state index in [9.17, 15) is 4.79 Å². The van der Waals surface area contributed by atoms with Crippen LogP contribution in [0.15, 0.2) is 42.5 Å². The first-order valence-electron chi connectivity index (χ1n) is 7.67. The molecule has 0 aliphatic carbocycles. The van der Waals surface area contributed by atoms with Crippen LogP contribution in [0.25, 0.3) is 0 Å². The van der Waals surface area contributed by atoms with Crippen molar-refractivity contribution in [2.45, 2.75) is 27.7 Å². The van der Waals surface area contributed by atoms with E-state index >= 15 is 0 Å². The Labute approximate surface area is 133 Å². The first-order valence-corrected chi connectivity index (χ1v) is 7.67. The number of rotatable bonds is 5. The summed E-state index contributed by atoms with van der Waals surface area (Å²) < 4.78 is 0. The minimum absolute atomic E-state index is 0.00774. The van der Waals surface area contributed by atoms with Crippen LogP contribution in [0, 0.1) is 20.8 Å². The lowest BCUT2D eigenvalue weighted by Gasteiger charge is -2.23. The molecule has 22 heavy (non-hydrogen) atoms. The summed E-state index contributed by atoms with van der Waals surface area (Å²) in [4.78, 5) is 14.4. The first kappa shape index (κ1) is 16.1. The van der Waals surface area contributed by atoms with Crippen molar-refractivity contribution in [1.29, 1.82) is 0 Å². The Morgan fingerprint density at radius 1 is 1.00 bits per heavy atom. The summed E-state index contributed by atoms with van der Waals surface area (Å²) in [6.07, 6.45) is 0.